The first kappa shape index (κ1) is 20.6. The van der Waals surface area contributed by atoms with Crippen LogP contribution in [-0.4, -0.2) is 52.8 Å². The molecule has 3 heterocycles. The fraction of sp³-hybridized carbons (Fsp3) is 0.240. The fourth-order valence-electron chi connectivity index (χ4n) is 4.12. The number of furan rings is 1. The Morgan fingerprint density at radius 1 is 0.969 bits per heavy atom. The van der Waals surface area contributed by atoms with Crippen LogP contribution in [0.15, 0.2) is 71.5 Å². The standard InChI is InChI=1S/C25H24F2N4O/c1-29-10-12-30(13-11-29)17-19-16-28-31(25(19)24-3-2-14-32-24)21-8-9-22(23(27)15-21)18-4-6-20(26)7-5-18/h2-9,14-16H,10-13,17H2,1H3. The van der Waals surface area contributed by atoms with Crippen molar-refractivity contribution >= 4 is 0 Å². The zero-order chi connectivity index (χ0) is 22.1. The first-order chi connectivity index (χ1) is 15.6. The first-order valence-electron chi connectivity index (χ1n) is 10.7. The minimum absolute atomic E-state index is 0.349. The molecular formula is C25H24F2N4O. The molecule has 32 heavy (non-hydrogen) atoms. The maximum absolute atomic E-state index is 15.0. The van der Waals surface area contributed by atoms with Gasteiger partial charge in [0.15, 0.2) is 5.76 Å². The summed E-state index contributed by atoms with van der Waals surface area (Å²) < 4.78 is 35.7. The van der Waals surface area contributed by atoms with Gasteiger partial charge in [-0.15, -0.1) is 0 Å². The molecule has 2 aromatic heterocycles. The summed E-state index contributed by atoms with van der Waals surface area (Å²) in [6, 6.07) is 14.5. The Labute approximate surface area is 185 Å². The first-order valence-corrected chi connectivity index (χ1v) is 10.7. The molecule has 164 valence electrons. The molecule has 0 spiro atoms. The van der Waals surface area contributed by atoms with E-state index in [1.807, 2.05) is 24.4 Å². The van der Waals surface area contributed by atoms with E-state index in [2.05, 4.69) is 21.9 Å². The number of aromatic nitrogens is 2. The number of hydrogen-bond acceptors (Lipinski definition) is 4. The quantitative estimate of drug-likeness (QED) is 0.451. The summed E-state index contributed by atoms with van der Waals surface area (Å²) in [6.07, 6.45) is 3.46. The molecule has 0 amide bonds. The van der Waals surface area contributed by atoms with E-state index in [0.717, 1.165) is 44.0 Å². The van der Waals surface area contributed by atoms with Gasteiger partial charge in [-0.1, -0.05) is 12.1 Å². The summed E-state index contributed by atoms with van der Waals surface area (Å²) in [5.74, 6) is -0.0523. The second kappa shape index (κ2) is 8.68. The summed E-state index contributed by atoms with van der Waals surface area (Å²) in [7, 11) is 2.13. The van der Waals surface area contributed by atoms with E-state index in [9.17, 15) is 4.39 Å². The normalized spacial score (nSPS) is 15.3. The molecule has 0 aliphatic carbocycles. The highest BCUT2D eigenvalue weighted by atomic mass is 19.1. The monoisotopic (exact) mass is 434 g/mol. The van der Waals surface area contributed by atoms with E-state index < -0.39 is 5.82 Å². The third-order valence-corrected chi connectivity index (χ3v) is 5.94. The predicted octanol–water partition coefficient (Wildman–Crippen LogP) is 4.82. The van der Waals surface area contributed by atoms with Gasteiger partial charge in [0, 0.05) is 49.9 Å². The second-order valence-electron chi connectivity index (χ2n) is 8.16. The van der Waals surface area contributed by atoms with E-state index in [0.29, 0.717) is 22.6 Å². The van der Waals surface area contributed by atoms with Crippen molar-refractivity contribution in [3.05, 3.63) is 84.3 Å². The Morgan fingerprint density at radius 3 is 2.44 bits per heavy atom. The summed E-state index contributed by atoms with van der Waals surface area (Å²) in [5.41, 5.74) is 3.50. The van der Waals surface area contributed by atoms with Crippen molar-refractivity contribution in [2.45, 2.75) is 6.54 Å². The molecule has 4 aromatic rings. The van der Waals surface area contributed by atoms with Gasteiger partial charge >= 0.3 is 0 Å². The van der Waals surface area contributed by atoms with Crippen LogP contribution in [0.4, 0.5) is 8.78 Å². The van der Waals surface area contributed by atoms with Crippen molar-refractivity contribution in [1.29, 1.82) is 0 Å². The molecule has 7 heteroatoms. The largest absolute Gasteiger partial charge is 0.463 e. The van der Waals surface area contributed by atoms with Crippen LogP contribution in [0.1, 0.15) is 5.56 Å². The van der Waals surface area contributed by atoms with Crippen molar-refractivity contribution in [3.63, 3.8) is 0 Å². The number of rotatable bonds is 5. The Morgan fingerprint density at radius 2 is 1.75 bits per heavy atom. The minimum Gasteiger partial charge on any atom is -0.463 e. The molecule has 1 fully saturated rings. The molecule has 0 bridgehead atoms. The molecule has 5 rings (SSSR count). The average Bonchev–Trinajstić information content (AvgIpc) is 3.46. The number of piperazine rings is 1. The van der Waals surface area contributed by atoms with Crippen LogP contribution in [0.5, 0.6) is 0 Å². The van der Waals surface area contributed by atoms with Gasteiger partial charge in [-0.3, -0.25) is 4.90 Å². The van der Waals surface area contributed by atoms with Gasteiger partial charge in [0.25, 0.3) is 0 Å². The summed E-state index contributed by atoms with van der Waals surface area (Å²) in [6.45, 7) is 4.78. The van der Waals surface area contributed by atoms with Crippen molar-refractivity contribution in [1.82, 2.24) is 19.6 Å². The van der Waals surface area contributed by atoms with E-state index >= 15 is 4.39 Å². The Kier molecular flexibility index (Phi) is 5.59. The van der Waals surface area contributed by atoms with Gasteiger partial charge in [-0.05, 0) is 49.0 Å². The molecular weight excluding hydrogens is 410 g/mol. The van der Waals surface area contributed by atoms with Crippen LogP contribution in [0, 0.1) is 11.6 Å². The average molecular weight is 434 g/mol. The molecule has 0 radical (unpaired) electrons. The molecule has 1 aliphatic heterocycles. The zero-order valence-corrected chi connectivity index (χ0v) is 17.8. The summed E-state index contributed by atoms with van der Waals surface area (Å²) in [5, 5.41) is 4.58. The smallest absolute Gasteiger partial charge is 0.152 e. The fourth-order valence-corrected chi connectivity index (χ4v) is 4.12. The number of nitrogens with zero attached hydrogens (tertiary/aromatic N) is 4. The molecule has 2 aromatic carbocycles. The highest BCUT2D eigenvalue weighted by Crippen LogP contribution is 2.31. The molecule has 0 atom stereocenters. The van der Waals surface area contributed by atoms with Crippen LogP contribution >= 0.6 is 0 Å². The number of likely N-dealkylation sites (N-methyl/N-ethyl adjacent to an activating group) is 1. The maximum Gasteiger partial charge on any atom is 0.152 e. The third kappa shape index (κ3) is 4.09. The summed E-state index contributed by atoms with van der Waals surface area (Å²) in [4.78, 5) is 4.71. The topological polar surface area (TPSA) is 37.4 Å². The van der Waals surface area contributed by atoms with Crippen LogP contribution in [0.2, 0.25) is 0 Å². The van der Waals surface area contributed by atoms with Crippen LogP contribution in [-0.2, 0) is 6.54 Å². The number of hydrogen-bond donors (Lipinski definition) is 0. The van der Waals surface area contributed by atoms with Crippen molar-refractivity contribution in [3.8, 4) is 28.3 Å². The highest BCUT2D eigenvalue weighted by molar-refractivity contribution is 5.67. The Bertz CT molecular complexity index is 1190. The van der Waals surface area contributed by atoms with E-state index in [4.69, 9.17) is 4.42 Å². The van der Waals surface area contributed by atoms with E-state index in [1.54, 1.807) is 29.1 Å². The molecule has 5 nitrogen and oxygen atoms in total. The molecule has 1 aliphatic rings. The lowest BCUT2D eigenvalue weighted by Gasteiger charge is -2.32. The number of benzene rings is 2. The minimum atomic E-state index is -0.393. The van der Waals surface area contributed by atoms with Crippen molar-refractivity contribution in [2.75, 3.05) is 33.2 Å². The predicted molar refractivity (Wildman–Crippen MR) is 119 cm³/mol. The van der Waals surface area contributed by atoms with Crippen LogP contribution < -0.4 is 0 Å². The van der Waals surface area contributed by atoms with Crippen molar-refractivity contribution < 1.29 is 13.2 Å². The highest BCUT2D eigenvalue weighted by Gasteiger charge is 2.21. The molecule has 0 saturated carbocycles. The lowest BCUT2D eigenvalue weighted by atomic mass is 10.0. The van der Waals surface area contributed by atoms with Gasteiger partial charge in [0.2, 0.25) is 0 Å². The Balaban J connectivity index is 1.50. The Hall–Kier alpha value is -3.29. The van der Waals surface area contributed by atoms with Crippen molar-refractivity contribution in [2.24, 2.45) is 0 Å². The number of halogens is 2. The third-order valence-electron chi connectivity index (χ3n) is 5.94. The van der Waals surface area contributed by atoms with Gasteiger partial charge in [0.05, 0.1) is 18.1 Å². The van der Waals surface area contributed by atoms with Gasteiger partial charge in [-0.25, -0.2) is 13.5 Å². The lowest BCUT2D eigenvalue weighted by molar-refractivity contribution is 0.148. The van der Waals surface area contributed by atoms with E-state index in [-0.39, 0.29) is 5.82 Å². The van der Waals surface area contributed by atoms with Gasteiger partial charge in [-0.2, -0.15) is 5.10 Å². The molecule has 0 unspecified atom stereocenters. The SMILES string of the molecule is CN1CCN(Cc2cnn(-c3ccc(-c4ccc(F)cc4)c(F)c3)c2-c2ccco2)CC1. The van der Waals surface area contributed by atoms with E-state index in [1.165, 1.54) is 18.2 Å². The lowest BCUT2D eigenvalue weighted by Crippen LogP contribution is -2.43. The van der Waals surface area contributed by atoms with Crippen LogP contribution in [0.3, 0.4) is 0 Å². The van der Waals surface area contributed by atoms with Gasteiger partial charge in [0.1, 0.15) is 17.3 Å². The molecule has 1 saturated heterocycles. The van der Waals surface area contributed by atoms with Crippen LogP contribution in [0.25, 0.3) is 28.3 Å². The zero-order valence-electron chi connectivity index (χ0n) is 17.8. The maximum atomic E-state index is 15.0. The van der Waals surface area contributed by atoms with Gasteiger partial charge < -0.3 is 9.32 Å². The summed E-state index contributed by atoms with van der Waals surface area (Å²) >= 11 is 0. The molecule has 0 N–H and O–H groups in total. The second-order valence-corrected chi connectivity index (χ2v) is 8.16.